The number of imidazole rings is 1. The predicted molar refractivity (Wildman–Crippen MR) is 116 cm³/mol. The molecule has 2 aromatic heterocycles. The quantitative estimate of drug-likeness (QED) is 0.440. The molecule has 10 nitrogen and oxygen atoms in total. The van der Waals surface area contributed by atoms with Crippen LogP contribution in [0.5, 0.6) is 0 Å². The fourth-order valence-electron chi connectivity index (χ4n) is 7.35. The van der Waals surface area contributed by atoms with Crippen molar-refractivity contribution in [2.45, 2.75) is 69.5 Å². The van der Waals surface area contributed by atoms with Gasteiger partial charge in [-0.2, -0.15) is 9.97 Å². The molecule has 3 heterocycles. The van der Waals surface area contributed by atoms with Crippen molar-refractivity contribution >= 4 is 22.9 Å². The van der Waals surface area contributed by atoms with Crippen molar-refractivity contribution in [1.82, 2.24) is 19.5 Å². The van der Waals surface area contributed by atoms with Gasteiger partial charge in [0.25, 0.3) is 0 Å². The van der Waals surface area contributed by atoms with E-state index in [1.807, 2.05) is 0 Å². The van der Waals surface area contributed by atoms with Gasteiger partial charge < -0.3 is 31.1 Å². The maximum Gasteiger partial charge on any atom is 0.226 e. The molecule has 6 N–H and O–H groups in total. The van der Waals surface area contributed by atoms with Crippen LogP contribution in [0.1, 0.15) is 51.2 Å². The third-order valence-electron chi connectivity index (χ3n) is 8.34. The molecule has 0 amide bonds. The Kier molecular flexibility index (Phi) is 4.83. The lowest BCUT2D eigenvalue weighted by atomic mass is 9.49. The monoisotopic (exact) mass is 444 g/mol. The zero-order valence-corrected chi connectivity index (χ0v) is 18.1. The van der Waals surface area contributed by atoms with Gasteiger partial charge in [0.1, 0.15) is 23.8 Å². The summed E-state index contributed by atoms with van der Waals surface area (Å²) in [5.74, 6) is 3.45. The van der Waals surface area contributed by atoms with Crippen LogP contribution in [-0.4, -0.2) is 66.3 Å². The van der Waals surface area contributed by atoms with Gasteiger partial charge in [-0.25, -0.2) is 4.98 Å². The average molecular weight is 445 g/mol. The lowest BCUT2D eigenvalue weighted by Crippen LogP contribution is -2.46. The van der Waals surface area contributed by atoms with Gasteiger partial charge in [-0.05, 0) is 68.1 Å². The molecule has 0 unspecified atom stereocenters. The number of nitrogen functional groups attached to an aromatic ring is 1. The fourth-order valence-corrected chi connectivity index (χ4v) is 7.35. The van der Waals surface area contributed by atoms with E-state index in [-0.39, 0.29) is 5.82 Å². The summed E-state index contributed by atoms with van der Waals surface area (Å²) in [4.78, 5) is 13.2. The van der Waals surface area contributed by atoms with Crippen LogP contribution in [0.25, 0.3) is 11.2 Å². The highest BCUT2D eigenvalue weighted by Crippen LogP contribution is 2.61. The van der Waals surface area contributed by atoms with Crippen LogP contribution in [0.15, 0.2) is 6.33 Å². The van der Waals surface area contributed by atoms with E-state index in [1.165, 1.54) is 44.9 Å². The highest BCUT2D eigenvalue weighted by atomic mass is 16.6. The molecule has 0 spiro atoms. The lowest BCUT2D eigenvalue weighted by molar-refractivity contribution is -0.0552. The van der Waals surface area contributed by atoms with Crippen LogP contribution in [-0.2, 0) is 4.74 Å². The standard InChI is InChI=1S/C22H32N6O4/c23-18-15-19(28(10-25-15)20-17(31)16(30)14(9-29)32-20)27-21(26-18)24-2-1-22-6-11-3-12(7-22)5-13(4-11)8-22/h10-14,16-17,20,29-31H,1-9H2,(H3,23,24,26,27)/t11?,12?,13?,14-,16-,17-,20-,22?/m1/s1. The summed E-state index contributed by atoms with van der Waals surface area (Å²) < 4.78 is 7.18. The Hall–Kier alpha value is -2.01. The van der Waals surface area contributed by atoms with Gasteiger partial charge in [0.2, 0.25) is 5.95 Å². The Morgan fingerprint density at radius 2 is 1.78 bits per heavy atom. The van der Waals surface area contributed by atoms with Crippen LogP contribution in [0.4, 0.5) is 11.8 Å². The van der Waals surface area contributed by atoms with Crippen LogP contribution < -0.4 is 11.1 Å². The molecule has 7 rings (SSSR count). The summed E-state index contributed by atoms with van der Waals surface area (Å²) in [7, 11) is 0. The molecule has 2 aromatic rings. The van der Waals surface area contributed by atoms with Crippen LogP contribution >= 0.6 is 0 Å². The van der Waals surface area contributed by atoms with E-state index in [1.54, 1.807) is 4.57 Å². The van der Waals surface area contributed by atoms with Crippen molar-refractivity contribution in [3.8, 4) is 0 Å². The van der Waals surface area contributed by atoms with Gasteiger partial charge in [0, 0.05) is 6.54 Å². The van der Waals surface area contributed by atoms with Gasteiger partial charge in [-0.3, -0.25) is 4.57 Å². The van der Waals surface area contributed by atoms with E-state index < -0.39 is 31.1 Å². The Bertz CT molecular complexity index is 976. The molecule has 4 atom stereocenters. The van der Waals surface area contributed by atoms with Gasteiger partial charge in [0.15, 0.2) is 17.7 Å². The molecule has 0 aromatic carbocycles. The molecule has 4 saturated carbocycles. The minimum absolute atomic E-state index is 0.248. The summed E-state index contributed by atoms with van der Waals surface area (Å²) in [6.07, 6.45) is 6.79. The second-order valence-electron chi connectivity index (χ2n) is 10.6. The van der Waals surface area contributed by atoms with Gasteiger partial charge >= 0.3 is 0 Å². The molecular weight excluding hydrogens is 412 g/mol. The normalized spacial score (nSPS) is 40.4. The van der Waals surface area contributed by atoms with Crippen LogP contribution in [0.2, 0.25) is 0 Å². The smallest absolute Gasteiger partial charge is 0.226 e. The number of aliphatic hydroxyl groups excluding tert-OH is 3. The second-order valence-corrected chi connectivity index (χ2v) is 10.6. The first-order valence-electron chi connectivity index (χ1n) is 11.8. The minimum Gasteiger partial charge on any atom is -0.394 e. The van der Waals surface area contributed by atoms with Crippen molar-refractivity contribution in [2.24, 2.45) is 23.2 Å². The molecule has 5 fully saturated rings. The number of aliphatic hydroxyl groups is 3. The largest absolute Gasteiger partial charge is 0.394 e. The number of nitrogens with one attached hydrogen (secondary N) is 1. The van der Waals surface area contributed by atoms with Crippen molar-refractivity contribution in [3.63, 3.8) is 0 Å². The molecule has 5 aliphatic rings. The molecule has 174 valence electrons. The molecular formula is C22H32N6O4. The SMILES string of the molecule is Nc1nc(NCCC23CC4CC(CC(C4)C2)C3)nc2c1ncn2[C@@H]1O[C@H](CO)[C@@H](O)[C@H]1O. The number of hydrogen-bond acceptors (Lipinski definition) is 9. The molecule has 32 heavy (non-hydrogen) atoms. The molecule has 1 aliphatic heterocycles. The predicted octanol–water partition coefficient (Wildman–Crippen LogP) is 1.04. The topological polar surface area (TPSA) is 152 Å². The summed E-state index contributed by atoms with van der Waals surface area (Å²) in [6, 6.07) is 0. The molecule has 4 aliphatic carbocycles. The summed E-state index contributed by atoms with van der Waals surface area (Å²) in [5.41, 5.74) is 7.44. The number of fused-ring (bicyclic) bond motifs is 1. The zero-order valence-electron chi connectivity index (χ0n) is 18.1. The minimum atomic E-state index is -1.21. The van der Waals surface area contributed by atoms with Crippen molar-refractivity contribution in [3.05, 3.63) is 6.33 Å². The van der Waals surface area contributed by atoms with Gasteiger partial charge in [-0.15, -0.1) is 0 Å². The number of nitrogens with zero attached hydrogens (tertiary/aromatic N) is 4. The number of hydrogen-bond donors (Lipinski definition) is 5. The first-order chi connectivity index (χ1) is 15.4. The number of ether oxygens (including phenoxy) is 1. The number of rotatable bonds is 6. The number of anilines is 2. The molecule has 4 bridgehead atoms. The van der Waals surface area contributed by atoms with E-state index in [4.69, 9.17) is 10.5 Å². The summed E-state index contributed by atoms with van der Waals surface area (Å²) >= 11 is 0. The Labute approximate surface area is 186 Å². The lowest BCUT2D eigenvalue weighted by Gasteiger charge is -2.57. The third kappa shape index (κ3) is 3.27. The van der Waals surface area contributed by atoms with Gasteiger partial charge in [0.05, 0.1) is 12.9 Å². The molecule has 1 saturated heterocycles. The molecule has 0 radical (unpaired) electrons. The highest BCUT2D eigenvalue weighted by Gasteiger charge is 2.50. The summed E-state index contributed by atoms with van der Waals surface area (Å²) in [6.45, 7) is 0.398. The Morgan fingerprint density at radius 3 is 2.41 bits per heavy atom. The first-order valence-corrected chi connectivity index (χ1v) is 11.8. The van der Waals surface area contributed by atoms with E-state index in [9.17, 15) is 15.3 Å². The maximum absolute atomic E-state index is 10.4. The zero-order chi connectivity index (χ0) is 22.0. The Balaban J connectivity index is 1.19. The van der Waals surface area contributed by atoms with E-state index in [0.717, 1.165) is 30.7 Å². The molecule has 10 heteroatoms. The van der Waals surface area contributed by atoms with Crippen molar-refractivity contribution in [1.29, 1.82) is 0 Å². The number of aromatic nitrogens is 4. The van der Waals surface area contributed by atoms with Crippen molar-refractivity contribution < 1.29 is 20.1 Å². The van der Waals surface area contributed by atoms with E-state index in [0.29, 0.717) is 22.5 Å². The van der Waals surface area contributed by atoms with E-state index in [2.05, 4.69) is 20.3 Å². The second kappa shape index (κ2) is 7.51. The first kappa shape index (κ1) is 20.6. The van der Waals surface area contributed by atoms with E-state index >= 15 is 0 Å². The summed E-state index contributed by atoms with van der Waals surface area (Å²) in [5, 5.41) is 33.2. The van der Waals surface area contributed by atoms with Gasteiger partial charge in [-0.1, -0.05) is 0 Å². The maximum atomic E-state index is 10.4. The van der Waals surface area contributed by atoms with Crippen molar-refractivity contribution in [2.75, 3.05) is 24.2 Å². The third-order valence-corrected chi connectivity index (χ3v) is 8.34. The Morgan fingerprint density at radius 1 is 1.09 bits per heavy atom. The average Bonchev–Trinajstić information content (AvgIpc) is 3.28. The van der Waals surface area contributed by atoms with Crippen LogP contribution in [0.3, 0.4) is 0 Å². The van der Waals surface area contributed by atoms with Crippen LogP contribution in [0, 0.1) is 23.2 Å². The fraction of sp³-hybridized carbons (Fsp3) is 0.773. The number of nitrogens with two attached hydrogens (primary N) is 1. The highest BCUT2D eigenvalue weighted by molar-refractivity contribution is 5.83.